The van der Waals surface area contributed by atoms with Crippen molar-refractivity contribution in [2.75, 3.05) is 25.0 Å². The van der Waals surface area contributed by atoms with Gasteiger partial charge in [0.25, 0.3) is 0 Å². The van der Waals surface area contributed by atoms with Crippen LogP contribution in [0.3, 0.4) is 0 Å². The summed E-state index contributed by atoms with van der Waals surface area (Å²) in [5, 5.41) is 7.46. The number of anilines is 1. The van der Waals surface area contributed by atoms with E-state index >= 15 is 0 Å². The molecule has 6 nitrogen and oxygen atoms in total. The molecule has 0 saturated carbocycles. The summed E-state index contributed by atoms with van der Waals surface area (Å²) >= 11 is 0. The lowest BCUT2D eigenvalue weighted by Gasteiger charge is -2.13. The van der Waals surface area contributed by atoms with Gasteiger partial charge in [0.05, 0.1) is 5.92 Å². The molecule has 0 radical (unpaired) electrons. The Morgan fingerprint density at radius 1 is 1.15 bits per heavy atom. The molecule has 1 saturated heterocycles. The summed E-state index contributed by atoms with van der Waals surface area (Å²) < 4.78 is 1.92. The molecule has 1 aliphatic carbocycles. The van der Waals surface area contributed by atoms with Crippen molar-refractivity contribution in [3.05, 3.63) is 47.7 Å². The molecule has 1 aromatic carbocycles. The van der Waals surface area contributed by atoms with Gasteiger partial charge < -0.3 is 16.0 Å². The maximum absolute atomic E-state index is 12.7. The molecule has 2 atom stereocenters. The molecule has 1 amide bonds. The molecule has 2 heterocycles. The molecule has 1 aromatic heterocycles. The van der Waals surface area contributed by atoms with Crippen LogP contribution < -0.4 is 11.1 Å². The van der Waals surface area contributed by atoms with Crippen molar-refractivity contribution >= 4 is 11.7 Å². The standard InChI is InChI=1S/C20H27N5O/c21-18-14-17(15-6-1-2-7-16(15)18)20(26)22-19-8-13-25(23-19)12-5-11-24-9-3-4-10-24/h1-2,6-8,13,17-18H,3-5,9-12,14,21H2,(H,22,23,26). The van der Waals surface area contributed by atoms with Crippen LogP contribution in [0.2, 0.25) is 0 Å². The van der Waals surface area contributed by atoms with Crippen molar-refractivity contribution in [3.8, 4) is 0 Å². The summed E-state index contributed by atoms with van der Waals surface area (Å²) in [5.41, 5.74) is 8.30. The average molecular weight is 353 g/mol. The molecule has 0 bridgehead atoms. The van der Waals surface area contributed by atoms with E-state index in [1.165, 1.54) is 25.9 Å². The molecule has 4 rings (SSSR count). The van der Waals surface area contributed by atoms with Gasteiger partial charge in [0, 0.05) is 24.8 Å². The highest BCUT2D eigenvalue weighted by Crippen LogP contribution is 2.39. The maximum atomic E-state index is 12.7. The van der Waals surface area contributed by atoms with Gasteiger partial charge in [-0.25, -0.2) is 0 Å². The molecule has 1 fully saturated rings. The number of carbonyl (C=O) groups is 1. The fraction of sp³-hybridized carbons (Fsp3) is 0.500. The van der Waals surface area contributed by atoms with Crippen molar-refractivity contribution in [1.82, 2.24) is 14.7 Å². The number of carbonyl (C=O) groups excluding carboxylic acids is 1. The van der Waals surface area contributed by atoms with E-state index in [9.17, 15) is 4.79 Å². The maximum Gasteiger partial charge on any atom is 0.233 e. The topological polar surface area (TPSA) is 76.2 Å². The first-order chi connectivity index (χ1) is 12.7. The minimum Gasteiger partial charge on any atom is -0.324 e. The number of amides is 1. The van der Waals surface area contributed by atoms with Gasteiger partial charge in [-0.3, -0.25) is 9.48 Å². The van der Waals surface area contributed by atoms with E-state index in [-0.39, 0.29) is 17.9 Å². The number of hydrogen-bond acceptors (Lipinski definition) is 4. The second-order valence-electron chi connectivity index (χ2n) is 7.38. The number of benzene rings is 1. The molecule has 3 N–H and O–H groups in total. The number of nitrogens with two attached hydrogens (primary N) is 1. The molecule has 6 heteroatoms. The lowest BCUT2D eigenvalue weighted by Crippen LogP contribution is -2.22. The number of aryl methyl sites for hydroxylation is 1. The van der Waals surface area contributed by atoms with E-state index in [2.05, 4.69) is 15.3 Å². The third-order valence-corrected chi connectivity index (χ3v) is 5.53. The van der Waals surface area contributed by atoms with E-state index < -0.39 is 0 Å². The van der Waals surface area contributed by atoms with E-state index in [4.69, 9.17) is 5.73 Å². The van der Waals surface area contributed by atoms with Gasteiger partial charge in [-0.1, -0.05) is 24.3 Å². The highest BCUT2D eigenvalue weighted by Gasteiger charge is 2.33. The van der Waals surface area contributed by atoms with E-state index in [0.717, 1.165) is 30.6 Å². The number of rotatable bonds is 6. The van der Waals surface area contributed by atoms with Crippen molar-refractivity contribution in [3.63, 3.8) is 0 Å². The largest absolute Gasteiger partial charge is 0.324 e. The molecular formula is C20H27N5O. The monoisotopic (exact) mass is 353 g/mol. The number of likely N-dealkylation sites (tertiary alicyclic amines) is 1. The Labute approximate surface area is 154 Å². The van der Waals surface area contributed by atoms with E-state index in [0.29, 0.717) is 12.2 Å². The van der Waals surface area contributed by atoms with Crippen LogP contribution in [0.25, 0.3) is 0 Å². The first-order valence-corrected chi connectivity index (χ1v) is 9.62. The van der Waals surface area contributed by atoms with Gasteiger partial charge >= 0.3 is 0 Å². The molecule has 1 aliphatic heterocycles. The lowest BCUT2D eigenvalue weighted by molar-refractivity contribution is -0.117. The second-order valence-corrected chi connectivity index (χ2v) is 7.38. The van der Waals surface area contributed by atoms with Crippen LogP contribution in [0.15, 0.2) is 36.5 Å². The number of fused-ring (bicyclic) bond motifs is 1. The number of nitrogens with zero attached hydrogens (tertiary/aromatic N) is 3. The SMILES string of the molecule is NC1CC(C(=O)Nc2ccn(CCCN3CCCC3)n2)c2ccccc21. The average Bonchev–Trinajstić information content (AvgIpc) is 3.37. The second kappa shape index (κ2) is 7.60. The molecule has 2 aromatic rings. The quantitative estimate of drug-likeness (QED) is 0.837. The van der Waals surface area contributed by atoms with Crippen molar-refractivity contribution in [2.45, 2.75) is 44.2 Å². The van der Waals surface area contributed by atoms with Crippen LogP contribution in [0, 0.1) is 0 Å². The Morgan fingerprint density at radius 2 is 1.92 bits per heavy atom. The summed E-state index contributed by atoms with van der Waals surface area (Å²) in [4.78, 5) is 15.2. The van der Waals surface area contributed by atoms with Gasteiger partial charge in [-0.15, -0.1) is 0 Å². The minimum absolute atomic E-state index is 0.0206. The molecule has 0 spiro atoms. The molecule has 2 aliphatic rings. The third-order valence-electron chi connectivity index (χ3n) is 5.53. The van der Waals surface area contributed by atoms with Crippen LogP contribution in [0.1, 0.15) is 48.8 Å². The Morgan fingerprint density at radius 3 is 2.73 bits per heavy atom. The summed E-state index contributed by atoms with van der Waals surface area (Å²) in [5.74, 6) is 0.406. The Bertz CT molecular complexity index is 765. The number of aromatic nitrogens is 2. The first kappa shape index (κ1) is 17.2. The Balaban J connectivity index is 1.32. The van der Waals surface area contributed by atoms with Gasteiger partial charge in [0.1, 0.15) is 0 Å². The number of nitrogens with one attached hydrogen (secondary N) is 1. The summed E-state index contributed by atoms with van der Waals surface area (Å²) in [6.45, 7) is 4.46. The van der Waals surface area contributed by atoms with Crippen molar-refractivity contribution in [1.29, 1.82) is 0 Å². The normalized spacial score (nSPS) is 22.5. The van der Waals surface area contributed by atoms with E-state index in [1.54, 1.807) is 0 Å². The zero-order chi connectivity index (χ0) is 17.9. The van der Waals surface area contributed by atoms with Crippen LogP contribution >= 0.6 is 0 Å². The summed E-state index contributed by atoms with van der Waals surface area (Å²) in [7, 11) is 0. The summed E-state index contributed by atoms with van der Waals surface area (Å²) in [6.07, 6.45) is 6.33. The van der Waals surface area contributed by atoms with Crippen molar-refractivity contribution < 1.29 is 4.79 Å². The van der Waals surface area contributed by atoms with Gasteiger partial charge in [-0.05, 0) is 56.4 Å². The minimum atomic E-state index is -0.193. The number of hydrogen-bond donors (Lipinski definition) is 2. The van der Waals surface area contributed by atoms with Gasteiger partial charge in [0.2, 0.25) is 5.91 Å². The zero-order valence-electron chi connectivity index (χ0n) is 15.1. The predicted octanol–water partition coefficient (Wildman–Crippen LogP) is 2.49. The molecule has 26 heavy (non-hydrogen) atoms. The van der Waals surface area contributed by atoms with Crippen LogP contribution in [0.5, 0.6) is 0 Å². The van der Waals surface area contributed by atoms with Gasteiger partial charge in [-0.2, -0.15) is 5.10 Å². The Kier molecular flexibility index (Phi) is 5.04. The van der Waals surface area contributed by atoms with Gasteiger partial charge in [0.15, 0.2) is 5.82 Å². The zero-order valence-corrected chi connectivity index (χ0v) is 15.1. The highest BCUT2D eigenvalue weighted by atomic mass is 16.2. The fourth-order valence-corrected chi connectivity index (χ4v) is 4.15. The molecular weight excluding hydrogens is 326 g/mol. The highest BCUT2D eigenvalue weighted by molar-refractivity contribution is 5.96. The van der Waals surface area contributed by atoms with Crippen LogP contribution in [0.4, 0.5) is 5.82 Å². The van der Waals surface area contributed by atoms with E-state index in [1.807, 2.05) is 41.2 Å². The third kappa shape index (κ3) is 3.66. The molecule has 138 valence electrons. The van der Waals surface area contributed by atoms with Crippen LogP contribution in [-0.4, -0.2) is 40.2 Å². The fourth-order valence-electron chi connectivity index (χ4n) is 4.15. The lowest BCUT2D eigenvalue weighted by atomic mass is 10.0. The smallest absolute Gasteiger partial charge is 0.233 e. The van der Waals surface area contributed by atoms with Crippen LogP contribution in [-0.2, 0) is 11.3 Å². The van der Waals surface area contributed by atoms with Crippen molar-refractivity contribution in [2.24, 2.45) is 5.73 Å². The molecule has 2 unspecified atom stereocenters. The first-order valence-electron chi connectivity index (χ1n) is 9.62. The Hall–Kier alpha value is -2.18. The predicted molar refractivity (Wildman–Crippen MR) is 102 cm³/mol. The summed E-state index contributed by atoms with van der Waals surface area (Å²) in [6, 6.07) is 9.76.